The summed E-state index contributed by atoms with van der Waals surface area (Å²) < 4.78 is 33.3. The number of hydrogen-bond acceptors (Lipinski definition) is 7. The van der Waals surface area contributed by atoms with E-state index in [-0.39, 0.29) is 15.4 Å². The normalized spacial score (nSPS) is 15.3. The molecule has 8 nitrogen and oxygen atoms in total. The number of para-hydroxylation sites is 1. The van der Waals surface area contributed by atoms with Crippen molar-refractivity contribution in [2.45, 2.75) is 15.2 Å². The molecule has 1 saturated heterocycles. The molecule has 0 radical (unpaired) electrons. The van der Waals surface area contributed by atoms with Crippen molar-refractivity contribution < 1.29 is 17.9 Å². The molecular weight excluding hydrogens is 553 g/mol. The molecule has 0 saturated carbocycles. The first-order valence-corrected chi connectivity index (χ1v) is 16.2. The van der Waals surface area contributed by atoms with Gasteiger partial charge < -0.3 is 15.0 Å². The van der Waals surface area contributed by atoms with Gasteiger partial charge in [0.2, 0.25) is 0 Å². The summed E-state index contributed by atoms with van der Waals surface area (Å²) in [4.78, 5) is 18.8. The van der Waals surface area contributed by atoms with E-state index < -0.39 is 10.0 Å². The number of amides is 1. The van der Waals surface area contributed by atoms with E-state index in [0.717, 1.165) is 44.0 Å². The van der Waals surface area contributed by atoms with Crippen LogP contribution < -0.4 is 9.62 Å². The Morgan fingerprint density at radius 2 is 1.92 bits per heavy atom. The van der Waals surface area contributed by atoms with Crippen molar-refractivity contribution in [3.8, 4) is 0 Å². The highest BCUT2D eigenvalue weighted by Gasteiger charge is 2.25. The van der Waals surface area contributed by atoms with Crippen LogP contribution in [0, 0.1) is 0 Å². The Morgan fingerprint density at radius 3 is 2.67 bits per heavy atom. The summed E-state index contributed by atoms with van der Waals surface area (Å²) in [6, 6.07) is 20.8. The number of aromatic nitrogens is 1. The lowest BCUT2D eigenvalue weighted by molar-refractivity contribution is 0.0381. The molecule has 11 heteroatoms. The van der Waals surface area contributed by atoms with Gasteiger partial charge in [0.25, 0.3) is 15.9 Å². The van der Waals surface area contributed by atoms with Crippen LogP contribution in [0.4, 0.5) is 5.69 Å². The summed E-state index contributed by atoms with van der Waals surface area (Å²) >= 11 is 3.01. The van der Waals surface area contributed by atoms with Crippen LogP contribution >= 0.6 is 23.1 Å². The summed E-state index contributed by atoms with van der Waals surface area (Å²) in [5, 5.41) is 5.82. The largest absolute Gasteiger partial charge is 0.379 e. The number of carbonyl (C=O) groups is 1. The minimum atomic E-state index is -3.70. The standard InChI is InChI=1S/C28H32N4O4S3/c1-31(39(34,35)26-11-6-16-37-26)25-10-5-9-22-17-24(30-27(22)25)28(33)29-18-23(19-32-12-14-36-15-13-32)38-20-21-7-3-2-4-8-21/h2-11,16-17,23,30H,12-15,18-20H2,1H3,(H,29,33). The lowest BCUT2D eigenvalue weighted by Gasteiger charge is -2.30. The molecule has 0 spiro atoms. The molecule has 0 aliphatic carbocycles. The number of anilines is 1. The number of nitrogens with zero attached hydrogens (tertiary/aromatic N) is 2. The van der Waals surface area contributed by atoms with E-state index in [0.29, 0.717) is 23.4 Å². The van der Waals surface area contributed by atoms with Gasteiger partial charge in [-0.15, -0.1) is 11.3 Å². The summed E-state index contributed by atoms with van der Waals surface area (Å²) in [6.07, 6.45) is 0. The molecule has 1 fully saturated rings. The number of hydrogen-bond donors (Lipinski definition) is 2. The Labute approximate surface area is 237 Å². The van der Waals surface area contributed by atoms with Crippen molar-refractivity contribution in [1.29, 1.82) is 0 Å². The zero-order valence-electron chi connectivity index (χ0n) is 21.7. The first-order chi connectivity index (χ1) is 18.9. The molecule has 1 aliphatic rings. The summed E-state index contributed by atoms with van der Waals surface area (Å²) in [5.74, 6) is 0.653. The molecule has 206 valence electrons. The number of carbonyl (C=O) groups excluding carboxylic acids is 1. The monoisotopic (exact) mass is 584 g/mol. The summed E-state index contributed by atoms with van der Waals surface area (Å²) in [5.41, 5.74) is 2.75. The third kappa shape index (κ3) is 6.67. The van der Waals surface area contributed by atoms with Gasteiger partial charge in [-0.1, -0.05) is 48.5 Å². The fourth-order valence-corrected chi connectivity index (χ4v) is 8.04. The lowest BCUT2D eigenvalue weighted by Crippen LogP contribution is -2.43. The van der Waals surface area contributed by atoms with E-state index in [2.05, 4.69) is 27.3 Å². The van der Waals surface area contributed by atoms with Gasteiger partial charge in [-0.3, -0.25) is 14.0 Å². The number of fused-ring (bicyclic) bond motifs is 1. The number of H-pyrrole nitrogens is 1. The van der Waals surface area contributed by atoms with E-state index in [9.17, 15) is 13.2 Å². The predicted molar refractivity (Wildman–Crippen MR) is 159 cm³/mol. The van der Waals surface area contributed by atoms with Gasteiger partial charge in [0.05, 0.1) is 24.4 Å². The minimum absolute atomic E-state index is 0.203. The van der Waals surface area contributed by atoms with Gasteiger partial charge >= 0.3 is 0 Å². The van der Waals surface area contributed by atoms with Crippen molar-refractivity contribution in [2.24, 2.45) is 0 Å². The third-order valence-electron chi connectivity index (χ3n) is 6.71. The zero-order valence-corrected chi connectivity index (χ0v) is 24.2. The van der Waals surface area contributed by atoms with Crippen LogP contribution in [0.1, 0.15) is 16.1 Å². The molecular formula is C28H32N4O4S3. The highest BCUT2D eigenvalue weighted by atomic mass is 32.2. The van der Waals surface area contributed by atoms with Crippen LogP contribution in [0.25, 0.3) is 10.9 Å². The molecule has 2 aromatic carbocycles. The second-order valence-electron chi connectivity index (χ2n) is 9.37. The maximum absolute atomic E-state index is 13.2. The number of thiophene rings is 1. The average Bonchev–Trinajstić information content (AvgIpc) is 3.66. The Kier molecular flexibility index (Phi) is 8.93. The molecule has 1 unspecified atom stereocenters. The topological polar surface area (TPSA) is 94.7 Å². The predicted octanol–water partition coefficient (Wildman–Crippen LogP) is 4.42. The first kappa shape index (κ1) is 27.7. The van der Waals surface area contributed by atoms with Crippen molar-refractivity contribution in [3.63, 3.8) is 0 Å². The molecule has 1 aliphatic heterocycles. The number of thioether (sulfide) groups is 1. The number of morpholine rings is 1. The van der Waals surface area contributed by atoms with Crippen LogP contribution in [-0.4, -0.2) is 75.9 Å². The average molecular weight is 585 g/mol. The lowest BCUT2D eigenvalue weighted by atomic mass is 10.2. The van der Waals surface area contributed by atoms with E-state index in [1.54, 1.807) is 35.7 Å². The molecule has 2 aromatic heterocycles. The van der Waals surface area contributed by atoms with Crippen LogP contribution in [0.15, 0.2) is 76.3 Å². The van der Waals surface area contributed by atoms with E-state index in [4.69, 9.17) is 4.74 Å². The molecule has 2 N–H and O–H groups in total. The molecule has 0 bridgehead atoms. The molecule has 3 heterocycles. The fraction of sp³-hybridized carbons (Fsp3) is 0.321. The second-order valence-corrected chi connectivity index (χ2v) is 13.8. The van der Waals surface area contributed by atoms with Crippen LogP contribution in [0.3, 0.4) is 0 Å². The fourth-order valence-electron chi connectivity index (χ4n) is 4.54. The first-order valence-electron chi connectivity index (χ1n) is 12.8. The molecule has 5 rings (SSSR count). The highest BCUT2D eigenvalue weighted by molar-refractivity contribution is 7.99. The van der Waals surface area contributed by atoms with Gasteiger partial charge in [0, 0.05) is 49.6 Å². The van der Waals surface area contributed by atoms with E-state index in [1.807, 2.05) is 36.0 Å². The molecule has 39 heavy (non-hydrogen) atoms. The third-order valence-corrected chi connectivity index (χ3v) is 11.1. The van der Waals surface area contributed by atoms with Crippen molar-refractivity contribution in [1.82, 2.24) is 15.2 Å². The number of benzene rings is 2. The van der Waals surface area contributed by atoms with Gasteiger partial charge in [0.15, 0.2) is 0 Å². The number of aromatic amines is 1. The SMILES string of the molecule is CN(c1cccc2cc(C(=O)NCC(CN3CCOCC3)SCc3ccccc3)[nH]c12)S(=O)(=O)c1cccs1. The Hall–Kier alpha value is -2.83. The highest BCUT2D eigenvalue weighted by Crippen LogP contribution is 2.31. The number of rotatable bonds is 11. The Bertz CT molecular complexity index is 1480. The Balaban J connectivity index is 1.29. The number of ether oxygens (including phenoxy) is 1. The molecule has 1 atom stereocenters. The second kappa shape index (κ2) is 12.6. The minimum Gasteiger partial charge on any atom is -0.379 e. The van der Waals surface area contributed by atoms with Gasteiger partial charge in [0.1, 0.15) is 9.90 Å². The Morgan fingerprint density at radius 1 is 1.13 bits per heavy atom. The maximum atomic E-state index is 13.2. The summed E-state index contributed by atoms with van der Waals surface area (Å²) in [7, 11) is -2.17. The van der Waals surface area contributed by atoms with Gasteiger partial charge in [-0.2, -0.15) is 11.8 Å². The number of sulfonamides is 1. The maximum Gasteiger partial charge on any atom is 0.273 e. The van der Waals surface area contributed by atoms with Crippen LogP contribution in [0.2, 0.25) is 0 Å². The van der Waals surface area contributed by atoms with Gasteiger partial charge in [-0.25, -0.2) is 8.42 Å². The smallest absolute Gasteiger partial charge is 0.273 e. The zero-order chi connectivity index (χ0) is 27.2. The van der Waals surface area contributed by atoms with Crippen LogP contribution in [-0.2, 0) is 20.5 Å². The quantitative estimate of drug-likeness (QED) is 0.271. The van der Waals surface area contributed by atoms with E-state index >= 15 is 0 Å². The summed E-state index contributed by atoms with van der Waals surface area (Å²) in [6.45, 7) is 4.63. The van der Waals surface area contributed by atoms with Gasteiger partial charge in [-0.05, 0) is 29.1 Å². The van der Waals surface area contributed by atoms with Crippen molar-refractivity contribution >= 4 is 55.6 Å². The number of nitrogens with one attached hydrogen (secondary N) is 2. The molecule has 4 aromatic rings. The van der Waals surface area contributed by atoms with Crippen molar-refractivity contribution in [2.75, 3.05) is 50.7 Å². The molecule has 1 amide bonds. The van der Waals surface area contributed by atoms with E-state index in [1.165, 1.54) is 28.3 Å². The van der Waals surface area contributed by atoms with Crippen molar-refractivity contribution in [3.05, 3.63) is 83.4 Å². The van der Waals surface area contributed by atoms with Crippen LogP contribution in [0.5, 0.6) is 0 Å².